The number of aliphatic hydroxyl groups excluding tert-OH is 2. The molecule has 2 atom stereocenters. The van der Waals surface area contributed by atoms with Crippen molar-refractivity contribution in [2.45, 2.75) is 25.5 Å². The third kappa shape index (κ3) is 4.70. The number of anilines is 3. The highest BCUT2D eigenvalue weighted by atomic mass is 35.5. The minimum absolute atomic E-state index is 0.0263. The second-order valence-electron chi connectivity index (χ2n) is 8.41. The molecule has 1 fully saturated rings. The quantitative estimate of drug-likeness (QED) is 0.468. The normalized spacial score (nSPS) is 17.2. The van der Waals surface area contributed by atoms with E-state index in [9.17, 15) is 9.90 Å². The smallest absolute Gasteiger partial charge is 0.329 e. The average Bonchev–Trinajstić information content (AvgIpc) is 3.27. The summed E-state index contributed by atoms with van der Waals surface area (Å²) in [4.78, 5) is 34.5. The third-order valence-corrected chi connectivity index (χ3v) is 6.19. The van der Waals surface area contributed by atoms with E-state index in [1.807, 2.05) is 25.1 Å². The number of hydrogen-bond acceptors (Lipinski definition) is 9. The molecule has 0 aromatic carbocycles. The summed E-state index contributed by atoms with van der Waals surface area (Å²) in [5.41, 5.74) is 3.04. The molecule has 2 bridgehead atoms. The second kappa shape index (κ2) is 9.61. The molecule has 2 amide bonds. The standard InChI is InChI=1S/C23H24ClN7O4/c1-13-8-14(2-5-25-13)20-17(24)9-18-21(29-20)31(15-4-7-30(18)10-15)23(34)28-19-3-6-26-22(27-19)35-12-16(33)11-32/h2-3,5-6,8-9,15-16,32-33H,4,7,10-12H2,1H3,(H,26,27,28,34)/t15-,16+/m0/s1. The summed E-state index contributed by atoms with van der Waals surface area (Å²) in [5.74, 6) is 0.765. The number of fused-ring (bicyclic) bond motifs is 4. The Balaban J connectivity index is 1.44. The molecule has 11 nitrogen and oxygen atoms in total. The summed E-state index contributed by atoms with van der Waals surface area (Å²) in [6, 6.07) is 6.68. The number of aryl methyl sites for hydroxylation is 1. The number of hydrogen-bond donors (Lipinski definition) is 3. The van der Waals surface area contributed by atoms with Crippen molar-refractivity contribution in [3.8, 4) is 17.3 Å². The Morgan fingerprint density at radius 2 is 2.11 bits per heavy atom. The van der Waals surface area contributed by atoms with Gasteiger partial charge in [-0.1, -0.05) is 11.6 Å². The molecule has 3 N–H and O–H groups in total. The van der Waals surface area contributed by atoms with E-state index >= 15 is 0 Å². The van der Waals surface area contributed by atoms with Gasteiger partial charge in [0.2, 0.25) is 0 Å². The highest BCUT2D eigenvalue weighted by Crippen LogP contribution is 2.43. The number of carbonyl (C=O) groups excluding carboxylic acids is 1. The van der Waals surface area contributed by atoms with E-state index in [0.717, 1.165) is 29.9 Å². The lowest BCUT2D eigenvalue weighted by molar-refractivity contribution is 0.0505. The first-order valence-corrected chi connectivity index (χ1v) is 11.5. The van der Waals surface area contributed by atoms with Crippen molar-refractivity contribution >= 4 is 35.0 Å². The number of amides is 2. The number of carbonyl (C=O) groups is 1. The number of aromatic nitrogens is 4. The van der Waals surface area contributed by atoms with E-state index in [1.54, 1.807) is 17.2 Å². The van der Waals surface area contributed by atoms with Crippen LogP contribution in [0.15, 0.2) is 36.7 Å². The van der Waals surface area contributed by atoms with Gasteiger partial charge in [-0.3, -0.25) is 15.2 Å². The minimum Gasteiger partial charge on any atom is -0.461 e. The van der Waals surface area contributed by atoms with Gasteiger partial charge in [0, 0.05) is 36.7 Å². The second-order valence-corrected chi connectivity index (χ2v) is 8.82. The maximum Gasteiger partial charge on any atom is 0.329 e. The zero-order valence-electron chi connectivity index (χ0n) is 18.9. The van der Waals surface area contributed by atoms with Gasteiger partial charge < -0.3 is 19.8 Å². The lowest BCUT2D eigenvalue weighted by Gasteiger charge is -2.36. The summed E-state index contributed by atoms with van der Waals surface area (Å²) in [7, 11) is 0. The molecule has 0 unspecified atom stereocenters. The molecule has 2 aliphatic heterocycles. The van der Waals surface area contributed by atoms with Gasteiger partial charge in [-0.15, -0.1) is 0 Å². The molecule has 1 saturated heterocycles. The van der Waals surface area contributed by atoms with Crippen LogP contribution in [-0.2, 0) is 0 Å². The van der Waals surface area contributed by atoms with Gasteiger partial charge in [0.1, 0.15) is 18.5 Å². The van der Waals surface area contributed by atoms with Crippen LogP contribution >= 0.6 is 11.6 Å². The Morgan fingerprint density at radius 1 is 1.29 bits per heavy atom. The third-order valence-electron chi connectivity index (χ3n) is 5.91. The minimum atomic E-state index is -1.05. The highest BCUT2D eigenvalue weighted by Gasteiger charge is 2.41. The predicted molar refractivity (Wildman–Crippen MR) is 130 cm³/mol. The van der Waals surface area contributed by atoms with Crippen LogP contribution in [0.1, 0.15) is 12.1 Å². The molecule has 5 heterocycles. The van der Waals surface area contributed by atoms with Gasteiger partial charge in [0.05, 0.1) is 29.1 Å². The lowest BCUT2D eigenvalue weighted by Crippen LogP contribution is -2.48. The molecule has 0 radical (unpaired) electrons. The van der Waals surface area contributed by atoms with Crippen LogP contribution in [0.4, 0.5) is 22.1 Å². The Kier molecular flexibility index (Phi) is 6.37. The number of nitrogens with zero attached hydrogens (tertiary/aromatic N) is 6. The average molecular weight is 498 g/mol. The molecule has 12 heteroatoms. The number of ether oxygens (including phenoxy) is 1. The first-order chi connectivity index (χ1) is 16.9. The molecule has 0 aliphatic carbocycles. The Labute approximate surface area is 206 Å². The molecule has 0 spiro atoms. The van der Waals surface area contributed by atoms with Crippen molar-refractivity contribution in [1.82, 2.24) is 19.9 Å². The van der Waals surface area contributed by atoms with Crippen LogP contribution < -0.4 is 19.9 Å². The van der Waals surface area contributed by atoms with Gasteiger partial charge in [-0.25, -0.2) is 14.8 Å². The van der Waals surface area contributed by atoms with Gasteiger partial charge >= 0.3 is 12.0 Å². The molecule has 35 heavy (non-hydrogen) atoms. The molecule has 0 saturated carbocycles. The Morgan fingerprint density at radius 3 is 2.91 bits per heavy atom. The fourth-order valence-electron chi connectivity index (χ4n) is 4.25. The summed E-state index contributed by atoms with van der Waals surface area (Å²) < 4.78 is 5.28. The van der Waals surface area contributed by atoms with E-state index in [1.165, 1.54) is 6.20 Å². The number of urea groups is 1. The van der Waals surface area contributed by atoms with Crippen LogP contribution in [0.5, 0.6) is 6.01 Å². The van der Waals surface area contributed by atoms with Gasteiger partial charge in [0.25, 0.3) is 0 Å². The van der Waals surface area contributed by atoms with E-state index in [0.29, 0.717) is 23.1 Å². The molecule has 3 aromatic rings. The summed E-state index contributed by atoms with van der Waals surface area (Å²) >= 11 is 6.63. The fourth-order valence-corrected chi connectivity index (χ4v) is 4.51. The number of pyridine rings is 2. The largest absolute Gasteiger partial charge is 0.461 e. The van der Waals surface area contributed by atoms with Gasteiger partial charge in [-0.2, -0.15) is 4.98 Å². The van der Waals surface area contributed by atoms with Crippen LogP contribution in [0.2, 0.25) is 5.02 Å². The highest BCUT2D eigenvalue weighted by molar-refractivity contribution is 6.33. The number of aliphatic hydroxyl groups is 2. The molecule has 3 aromatic heterocycles. The SMILES string of the molecule is Cc1cc(-c2nc3c(cc2Cl)N2CC[C@@H](C2)N3C(=O)Nc2ccnc(OC[C@H](O)CO)n2)ccn1. The lowest BCUT2D eigenvalue weighted by atomic mass is 10.1. The maximum atomic E-state index is 13.5. The molecule has 5 rings (SSSR count). The summed E-state index contributed by atoms with van der Waals surface area (Å²) in [6.07, 6.45) is 2.88. The van der Waals surface area contributed by atoms with E-state index in [2.05, 4.69) is 25.2 Å². The first-order valence-electron chi connectivity index (χ1n) is 11.2. The van der Waals surface area contributed by atoms with Crippen LogP contribution in [-0.4, -0.2) is 74.6 Å². The van der Waals surface area contributed by atoms with Crippen molar-refractivity contribution in [1.29, 1.82) is 0 Å². The van der Waals surface area contributed by atoms with Crippen molar-refractivity contribution in [2.24, 2.45) is 0 Å². The monoisotopic (exact) mass is 497 g/mol. The molecular formula is C23H24ClN7O4. The summed E-state index contributed by atoms with van der Waals surface area (Å²) in [5, 5.41) is 21.7. The zero-order chi connectivity index (χ0) is 24.5. The molecule has 182 valence electrons. The van der Waals surface area contributed by atoms with Gasteiger partial charge in [0.15, 0.2) is 5.82 Å². The van der Waals surface area contributed by atoms with Crippen molar-refractivity contribution in [3.05, 3.63) is 47.4 Å². The summed E-state index contributed by atoms with van der Waals surface area (Å²) in [6.45, 7) is 2.76. The van der Waals surface area contributed by atoms with Crippen LogP contribution in [0.3, 0.4) is 0 Å². The van der Waals surface area contributed by atoms with Crippen LogP contribution in [0.25, 0.3) is 11.3 Å². The number of rotatable bonds is 6. The number of halogens is 1. The van der Waals surface area contributed by atoms with E-state index in [-0.39, 0.29) is 30.5 Å². The number of nitrogens with one attached hydrogen (secondary N) is 1. The zero-order valence-corrected chi connectivity index (χ0v) is 19.7. The first kappa shape index (κ1) is 23.2. The molecular weight excluding hydrogens is 474 g/mol. The predicted octanol–water partition coefficient (Wildman–Crippen LogP) is 2.26. The van der Waals surface area contributed by atoms with Gasteiger partial charge in [-0.05, 0) is 37.6 Å². The van der Waals surface area contributed by atoms with Crippen LogP contribution in [0, 0.1) is 6.92 Å². The van der Waals surface area contributed by atoms with E-state index in [4.69, 9.17) is 26.4 Å². The fraction of sp³-hybridized carbons (Fsp3) is 0.348. The van der Waals surface area contributed by atoms with E-state index < -0.39 is 12.7 Å². The van der Waals surface area contributed by atoms with Crippen molar-refractivity contribution < 1.29 is 19.7 Å². The Bertz CT molecular complexity index is 1260. The molecule has 2 aliphatic rings. The Hall–Kier alpha value is -3.54. The van der Waals surface area contributed by atoms with Crippen molar-refractivity contribution in [3.63, 3.8) is 0 Å². The maximum absolute atomic E-state index is 13.5. The topological polar surface area (TPSA) is 137 Å². The van der Waals surface area contributed by atoms with Crippen molar-refractivity contribution in [2.75, 3.05) is 41.4 Å².